The average molecular weight is 561 g/mol. The molecule has 2 aromatic carbocycles. The number of halogens is 6. The van der Waals surface area contributed by atoms with E-state index in [1.54, 1.807) is 12.1 Å². The van der Waals surface area contributed by atoms with Crippen molar-refractivity contribution in [2.75, 3.05) is 39.0 Å². The van der Waals surface area contributed by atoms with Crippen molar-refractivity contribution in [3.8, 4) is 11.8 Å². The molecular formula is C29H26F6N4O. The summed E-state index contributed by atoms with van der Waals surface area (Å²) < 4.78 is 82.6. The van der Waals surface area contributed by atoms with E-state index in [-0.39, 0.29) is 34.6 Å². The van der Waals surface area contributed by atoms with Crippen molar-refractivity contribution >= 4 is 11.6 Å². The number of carbonyl (C=O) groups is 1. The lowest BCUT2D eigenvalue weighted by atomic mass is 9.95. The van der Waals surface area contributed by atoms with Gasteiger partial charge in [-0.1, -0.05) is 24.0 Å². The minimum atomic E-state index is -4.77. The Morgan fingerprint density at radius 1 is 0.950 bits per heavy atom. The van der Waals surface area contributed by atoms with Gasteiger partial charge in [0.1, 0.15) is 5.82 Å². The summed E-state index contributed by atoms with van der Waals surface area (Å²) in [6.45, 7) is 2.85. The van der Waals surface area contributed by atoms with E-state index in [0.29, 0.717) is 24.7 Å². The Bertz CT molecular complexity index is 1450. The standard InChI is InChI=1S/C29H26F6N4O/c1-38-9-11-39(12-10-38)18-22-7-5-20(15-25(22)29(33,34)35)16-26(40)23-13-19(14-24(17-23)28(30,31)32)4-6-21-3-2-8-37-27(21)36/h2-3,5,7-8,13-15,17H,9-12,16,18H2,1H3,(H2,36,37). The number of rotatable bonds is 5. The van der Waals surface area contributed by atoms with Crippen molar-refractivity contribution in [3.05, 3.63) is 93.7 Å². The number of hydrogen-bond donors (Lipinski definition) is 1. The normalized spacial score (nSPS) is 15.0. The number of alkyl halides is 6. The number of carbonyl (C=O) groups excluding carboxylic acids is 1. The number of likely N-dealkylation sites (N-methyl/N-ethyl adjacent to an activating group) is 1. The first-order valence-corrected chi connectivity index (χ1v) is 12.4. The number of Topliss-reactive ketones (excluding diaryl/α,β-unsaturated/α-hetero) is 1. The summed E-state index contributed by atoms with van der Waals surface area (Å²) in [6, 6.07) is 9.42. The second-order valence-electron chi connectivity index (χ2n) is 9.65. The maximum absolute atomic E-state index is 13.9. The number of hydrogen-bond acceptors (Lipinski definition) is 5. The highest BCUT2D eigenvalue weighted by Crippen LogP contribution is 2.34. The van der Waals surface area contributed by atoms with Crippen molar-refractivity contribution in [1.82, 2.24) is 14.8 Å². The number of pyridine rings is 1. The summed E-state index contributed by atoms with van der Waals surface area (Å²) in [4.78, 5) is 20.9. The summed E-state index contributed by atoms with van der Waals surface area (Å²) in [7, 11) is 1.95. The molecule has 0 spiro atoms. The Hall–Kier alpha value is -3.88. The number of anilines is 1. The van der Waals surface area contributed by atoms with Crippen LogP contribution in [-0.4, -0.2) is 53.8 Å². The molecule has 1 aromatic heterocycles. The van der Waals surface area contributed by atoms with Crippen LogP contribution in [0.4, 0.5) is 32.2 Å². The topological polar surface area (TPSA) is 62.5 Å². The van der Waals surface area contributed by atoms with Gasteiger partial charge in [0.25, 0.3) is 0 Å². The Morgan fingerprint density at radius 2 is 1.68 bits per heavy atom. The van der Waals surface area contributed by atoms with E-state index in [4.69, 9.17) is 5.73 Å². The fraction of sp³-hybridized carbons (Fsp3) is 0.310. The third-order valence-corrected chi connectivity index (χ3v) is 6.60. The molecule has 1 fully saturated rings. The Morgan fingerprint density at radius 3 is 2.33 bits per heavy atom. The fourth-order valence-electron chi connectivity index (χ4n) is 4.36. The number of ketones is 1. The van der Waals surface area contributed by atoms with Crippen molar-refractivity contribution < 1.29 is 31.1 Å². The first kappa shape index (κ1) is 29.1. The van der Waals surface area contributed by atoms with Crippen LogP contribution >= 0.6 is 0 Å². The van der Waals surface area contributed by atoms with Crippen LogP contribution in [0.15, 0.2) is 54.7 Å². The van der Waals surface area contributed by atoms with Gasteiger partial charge in [-0.2, -0.15) is 26.3 Å². The van der Waals surface area contributed by atoms with Crippen molar-refractivity contribution in [3.63, 3.8) is 0 Å². The second-order valence-corrected chi connectivity index (χ2v) is 9.65. The van der Waals surface area contributed by atoms with Gasteiger partial charge in [-0.05, 0) is 54.6 Å². The Balaban J connectivity index is 1.61. The summed E-state index contributed by atoms with van der Waals surface area (Å²) in [5.74, 6) is 4.54. The number of nitrogens with two attached hydrogens (primary N) is 1. The molecule has 1 aliphatic heterocycles. The van der Waals surface area contributed by atoms with E-state index in [1.165, 1.54) is 24.4 Å². The molecule has 0 amide bonds. The van der Waals surface area contributed by atoms with Crippen LogP contribution in [0.5, 0.6) is 0 Å². The van der Waals surface area contributed by atoms with Gasteiger partial charge in [0.2, 0.25) is 0 Å². The second kappa shape index (κ2) is 11.7. The van der Waals surface area contributed by atoms with Gasteiger partial charge in [-0.25, -0.2) is 4.98 Å². The average Bonchev–Trinajstić information content (AvgIpc) is 2.89. The van der Waals surface area contributed by atoms with Gasteiger partial charge in [-0.15, -0.1) is 0 Å². The number of aromatic nitrogens is 1. The molecule has 0 radical (unpaired) electrons. The lowest BCUT2D eigenvalue weighted by Crippen LogP contribution is -2.44. The Labute approximate surface area is 227 Å². The fourth-order valence-corrected chi connectivity index (χ4v) is 4.36. The smallest absolute Gasteiger partial charge is 0.383 e. The monoisotopic (exact) mass is 560 g/mol. The lowest BCUT2D eigenvalue weighted by Gasteiger charge is -2.33. The molecule has 4 rings (SSSR count). The Kier molecular flexibility index (Phi) is 8.51. The van der Waals surface area contributed by atoms with Gasteiger partial charge in [0.05, 0.1) is 16.7 Å². The highest BCUT2D eigenvalue weighted by Gasteiger charge is 2.35. The highest BCUT2D eigenvalue weighted by molar-refractivity contribution is 5.98. The molecule has 11 heteroatoms. The molecule has 2 heterocycles. The lowest BCUT2D eigenvalue weighted by molar-refractivity contribution is -0.139. The van der Waals surface area contributed by atoms with E-state index in [0.717, 1.165) is 25.2 Å². The summed E-state index contributed by atoms with van der Waals surface area (Å²) in [6.07, 6.45) is -8.51. The molecule has 0 atom stereocenters. The molecule has 40 heavy (non-hydrogen) atoms. The zero-order chi connectivity index (χ0) is 29.1. The summed E-state index contributed by atoms with van der Waals surface area (Å²) >= 11 is 0. The predicted molar refractivity (Wildman–Crippen MR) is 138 cm³/mol. The molecule has 1 aliphatic rings. The SMILES string of the molecule is CN1CCN(Cc2ccc(CC(=O)c3cc(C#Cc4cccnc4N)cc(C(F)(F)F)c3)cc2C(F)(F)F)CC1. The maximum atomic E-state index is 13.9. The molecule has 3 aromatic rings. The number of benzene rings is 2. The van der Waals surface area contributed by atoms with E-state index >= 15 is 0 Å². The third-order valence-electron chi connectivity index (χ3n) is 6.60. The van der Waals surface area contributed by atoms with Crippen molar-refractivity contribution in [1.29, 1.82) is 0 Å². The number of piperazine rings is 1. The van der Waals surface area contributed by atoms with Crippen LogP contribution < -0.4 is 5.73 Å². The summed E-state index contributed by atoms with van der Waals surface area (Å²) in [5, 5.41) is 0. The molecule has 0 aliphatic carbocycles. The minimum Gasteiger partial charge on any atom is -0.383 e. The van der Waals surface area contributed by atoms with E-state index in [9.17, 15) is 31.1 Å². The maximum Gasteiger partial charge on any atom is 0.416 e. The first-order valence-electron chi connectivity index (χ1n) is 12.4. The molecule has 210 valence electrons. The quantitative estimate of drug-likeness (QED) is 0.262. The largest absolute Gasteiger partial charge is 0.416 e. The van der Waals surface area contributed by atoms with Gasteiger partial charge in [0.15, 0.2) is 5.78 Å². The van der Waals surface area contributed by atoms with Gasteiger partial charge < -0.3 is 10.6 Å². The molecule has 0 bridgehead atoms. The molecule has 2 N–H and O–H groups in total. The molecule has 0 unspecified atom stereocenters. The van der Waals surface area contributed by atoms with Gasteiger partial charge >= 0.3 is 12.4 Å². The zero-order valence-electron chi connectivity index (χ0n) is 21.5. The molecule has 0 saturated carbocycles. The zero-order valence-corrected chi connectivity index (χ0v) is 21.5. The van der Waals surface area contributed by atoms with E-state index in [1.807, 2.05) is 11.9 Å². The third kappa shape index (κ3) is 7.40. The van der Waals surface area contributed by atoms with Crippen molar-refractivity contribution in [2.24, 2.45) is 0 Å². The predicted octanol–water partition coefficient (Wildman–Crippen LogP) is 5.27. The van der Waals surface area contributed by atoms with Crippen LogP contribution in [0.25, 0.3) is 0 Å². The van der Waals surface area contributed by atoms with Crippen LogP contribution in [0, 0.1) is 11.8 Å². The van der Waals surface area contributed by atoms with E-state index < -0.39 is 35.7 Å². The number of nitrogen functional groups attached to an aromatic ring is 1. The molecular weight excluding hydrogens is 534 g/mol. The molecule has 1 saturated heterocycles. The summed E-state index contributed by atoms with van der Waals surface area (Å²) in [5.41, 5.74) is 3.79. The minimum absolute atomic E-state index is 0.0487. The highest BCUT2D eigenvalue weighted by atomic mass is 19.4. The number of nitrogens with zero attached hydrogens (tertiary/aromatic N) is 3. The van der Waals surface area contributed by atoms with Crippen LogP contribution in [0.3, 0.4) is 0 Å². The van der Waals surface area contributed by atoms with E-state index in [2.05, 4.69) is 21.7 Å². The van der Waals surface area contributed by atoms with Crippen LogP contribution in [0.1, 0.15) is 43.7 Å². The van der Waals surface area contributed by atoms with Crippen LogP contribution in [0.2, 0.25) is 0 Å². The van der Waals surface area contributed by atoms with Gasteiger partial charge in [-0.3, -0.25) is 9.69 Å². The van der Waals surface area contributed by atoms with Crippen molar-refractivity contribution in [2.45, 2.75) is 25.3 Å². The first-order chi connectivity index (χ1) is 18.8. The van der Waals surface area contributed by atoms with Crippen LogP contribution in [-0.2, 0) is 25.3 Å². The molecule has 5 nitrogen and oxygen atoms in total. The van der Waals surface area contributed by atoms with Gasteiger partial charge in [0, 0.05) is 56.5 Å².